The van der Waals surface area contributed by atoms with Crippen LogP contribution in [-0.2, 0) is 5.41 Å². The maximum absolute atomic E-state index is 11.0. The molecule has 0 saturated heterocycles. The van der Waals surface area contributed by atoms with Crippen molar-refractivity contribution in [3.05, 3.63) is 23.3 Å². The lowest BCUT2D eigenvalue weighted by Crippen LogP contribution is -2.52. The van der Waals surface area contributed by atoms with Crippen LogP contribution in [0.25, 0.3) is 0 Å². The molecular weight excluding hydrogens is 276 g/mol. The quantitative estimate of drug-likeness (QED) is 0.834. The van der Waals surface area contributed by atoms with Gasteiger partial charge in [-0.2, -0.15) is 0 Å². The summed E-state index contributed by atoms with van der Waals surface area (Å²) >= 11 is 0. The molecule has 0 amide bonds. The Morgan fingerprint density at radius 1 is 1.27 bits per heavy atom. The molecule has 2 aliphatic carbocycles. The zero-order valence-corrected chi connectivity index (χ0v) is 14.1. The van der Waals surface area contributed by atoms with Crippen molar-refractivity contribution < 1.29 is 14.9 Å². The van der Waals surface area contributed by atoms with Gasteiger partial charge >= 0.3 is 0 Å². The van der Waals surface area contributed by atoms with Crippen LogP contribution in [0.1, 0.15) is 51.7 Å². The van der Waals surface area contributed by atoms with E-state index < -0.39 is 5.60 Å². The number of rotatable bonds is 1. The zero-order chi connectivity index (χ0) is 16.1. The summed E-state index contributed by atoms with van der Waals surface area (Å²) in [6.07, 6.45) is 1.50. The van der Waals surface area contributed by atoms with Crippen LogP contribution in [0.5, 0.6) is 11.5 Å². The van der Waals surface area contributed by atoms with Crippen LogP contribution in [0.15, 0.2) is 12.1 Å². The molecule has 3 aliphatic rings. The van der Waals surface area contributed by atoms with Gasteiger partial charge in [-0.15, -0.1) is 0 Å². The number of ether oxygens (including phenoxy) is 1. The molecule has 3 heteroatoms. The smallest absolute Gasteiger partial charge is 0.138 e. The molecule has 3 nitrogen and oxygen atoms in total. The summed E-state index contributed by atoms with van der Waals surface area (Å²) in [6.45, 7) is 10.7. The molecule has 4 rings (SSSR count). The molecule has 2 unspecified atom stereocenters. The highest BCUT2D eigenvalue weighted by molar-refractivity contribution is 5.63. The molecule has 0 radical (unpaired) electrons. The van der Waals surface area contributed by atoms with Crippen LogP contribution in [0, 0.1) is 24.2 Å². The SMILES string of the molecule is Cc1cc(O)c2c(c1)OC1C(C)(O)CC[C@@H]3[C@](C)(C(C)C)[C@@]213. The Hall–Kier alpha value is -1.22. The molecule has 120 valence electrons. The Balaban J connectivity index is 1.99. The second-order valence-corrected chi connectivity index (χ2v) is 8.41. The lowest BCUT2D eigenvalue weighted by molar-refractivity contribution is -0.0795. The van der Waals surface area contributed by atoms with Gasteiger partial charge in [0.15, 0.2) is 0 Å². The van der Waals surface area contributed by atoms with Gasteiger partial charge in [0.2, 0.25) is 0 Å². The van der Waals surface area contributed by atoms with Gasteiger partial charge in [0.1, 0.15) is 17.6 Å². The van der Waals surface area contributed by atoms with Crippen molar-refractivity contribution in [1.29, 1.82) is 0 Å². The number of fused-ring (bicyclic) bond motifs is 1. The molecular formula is C19H26O3. The summed E-state index contributed by atoms with van der Waals surface area (Å²) in [7, 11) is 0. The number of hydrogen-bond acceptors (Lipinski definition) is 3. The second-order valence-electron chi connectivity index (χ2n) is 8.41. The summed E-state index contributed by atoms with van der Waals surface area (Å²) in [5.41, 5.74) is 0.924. The molecule has 2 N–H and O–H groups in total. The van der Waals surface area contributed by atoms with Crippen LogP contribution in [0.3, 0.4) is 0 Å². The van der Waals surface area contributed by atoms with Gasteiger partial charge in [-0.1, -0.05) is 20.8 Å². The largest absolute Gasteiger partial charge is 0.507 e. The molecule has 1 aromatic carbocycles. The first-order valence-electron chi connectivity index (χ1n) is 8.40. The van der Waals surface area contributed by atoms with E-state index >= 15 is 0 Å². The summed E-state index contributed by atoms with van der Waals surface area (Å²) in [5.74, 6) is 2.06. The molecule has 2 saturated carbocycles. The maximum atomic E-state index is 11.0. The highest BCUT2D eigenvalue weighted by atomic mass is 16.5. The molecule has 1 spiro atoms. The van der Waals surface area contributed by atoms with E-state index in [2.05, 4.69) is 20.8 Å². The molecule has 2 fully saturated rings. The molecule has 1 heterocycles. The van der Waals surface area contributed by atoms with Gasteiger partial charge < -0.3 is 14.9 Å². The maximum Gasteiger partial charge on any atom is 0.138 e. The van der Waals surface area contributed by atoms with Crippen molar-refractivity contribution in [1.82, 2.24) is 0 Å². The summed E-state index contributed by atoms with van der Waals surface area (Å²) in [6, 6.07) is 3.84. The van der Waals surface area contributed by atoms with E-state index in [1.807, 2.05) is 26.0 Å². The van der Waals surface area contributed by atoms with Crippen LogP contribution in [-0.4, -0.2) is 21.9 Å². The minimum atomic E-state index is -0.845. The molecule has 22 heavy (non-hydrogen) atoms. The van der Waals surface area contributed by atoms with Crippen LogP contribution >= 0.6 is 0 Å². The molecule has 1 aliphatic heterocycles. The normalized spacial score (nSPS) is 45.0. The fraction of sp³-hybridized carbons (Fsp3) is 0.684. The monoisotopic (exact) mass is 302 g/mol. The Labute approximate surface area is 132 Å². The van der Waals surface area contributed by atoms with Gasteiger partial charge in [-0.05, 0) is 61.6 Å². The molecule has 1 aromatic rings. The van der Waals surface area contributed by atoms with Crippen LogP contribution < -0.4 is 4.74 Å². The standard InChI is InChI=1S/C19H26O3/c1-10(2)18(5)14-6-7-17(4,21)16-19(14,18)15-12(20)8-11(3)9-13(15)22-16/h8-10,14,16,20-21H,6-7H2,1-5H3/t14-,16?,17?,18+,19+/m1/s1. The summed E-state index contributed by atoms with van der Waals surface area (Å²) in [5, 5.41) is 21.6. The van der Waals surface area contributed by atoms with Crippen LogP contribution in [0.4, 0.5) is 0 Å². The Kier molecular flexibility index (Phi) is 2.49. The lowest BCUT2D eigenvalue weighted by atomic mass is 9.71. The van der Waals surface area contributed by atoms with E-state index in [9.17, 15) is 10.2 Å². The minimum Gasteiger partial charge on any atom is -0.507 e. The molecule has 5 atom stereocenters. The zero-order valence-electron chi connectivity index (χ0n) is 14.1. The van der Waals surface area contributed by atoms with E-state index in [1.165, 1.54) is 0 Å². The average Bonchev–Trinajstić information content (AvgIpc) is 2.74. The van der Waals surface area contributed by atoms with E-state index in [1.54, 1.807) is 0 Å². The topological polar surface area (TPSA) is 49.7 Å². The van der Waals surface area contributed by atoms with Crippen molar-refractivity contribution in [2.24, 2.45) is 17.3 Å². The summed E-state index contributed by atoms with van der Waals surface area (Å²) in [4.78, 5) is 0. The third kappa shape index (κ3) is 1.29. The Bertz CT molecular complexity index is 663. The highest BCUT2D eigenvalue weighted by Crippen LogP contribution is 2.82. The Morgan fingerprint density at radius 3 is 2.59 bits per heavy atom. The number of hydrogen-bond donors (Lipinski definition) is 2. The van der Waals surface area contributed by atoms with Gasteiger partial charge in [0.25, 0.3) is 0 Å². The van der Waals surface area contributed by atoms with Gasteiger partial charge in [-0.3, -0.25) is 0 Å². The molecule has 0 bridgehead atoms. The number of phenols is 1. The number of phenolic OH excluding ortho intramolecular Hbond substituents is 1. The first-order chi connectivity index (χ1) is 10.2. The van der Waals surface area contributed by atoms with Crippen molar-refractivity contribution in [3.63, 3.8) is 0 Å². The fourth-order valence-electron chi connectivity index (χ4n) is 5.86. The average molecular weight is 302 g/mol. The first-order valence-corrected chi connectivity index (χ1v) is 8.40. The third-order valence-corrected chi connectivity index (χ3v) is 7.08. The number of aromatic hydroxyl groups is 1. The second kappa shape index (κ2) is 3.81. The van der Waals surface area contributed by atoms with Gasteiger partial charge in [0.05, 0.1) is 11.0 Å². The van der Waals surface area contributed by atoms with E-state index in [-0.39, 0.29) is 16.9 Å². The third-order valence-electron chi connectivity index (χ3n) is 7.08. The first kappa shape index (κ1) is 14.4. The molecule has 0 aromatic heterocycles. The van der Waals surface area contributed by atoms with E-state index in [0.717, 1.165) is 29.7 Å². The van der Waals surface area contributed by atoms with Crippen molar-refractivity contribution in [2.75, 3.05) is 0 Å². The van der Waals surface area contributed by atoms with Crippen molar-refractivity contribution in [3.8, 4) is 11.5 Å². The number of aliphatic hydroxyl groups is 1. The lowest BCUT2D eigenvalue weighted by Gasteiger charge is -2.38. The number of aryl methyl sites for hydroxylation is 1. The van der Waals surface area contributed by atoms with E-state index in [0.29, 0.717) is 17.6 Å². The van der Waals surface area contributed by atoms with Gasteiger partial charge in [-0.25, -0.2) is 0 Å². The van der Waals surface area contributed by atoms with Crippen molar-refractivity contribution in [2.45, 2.75) is 64.6 Å². The Morgan fingerprint density at radius 2 is 1.95 bits per heavy atom. The number of benzene rings is 1. The van der Waals surface area contributed by atoms with Gasteiger partial charge in [0, 0.05) is 5.56 Å². The summed E-state index contributed by atoms with van der Waals surface area (Å²) < 4.78 is 6.27. The predicted octanol–water partition coefficient (Wildman–Crippen LogP) is 3.54. The van der Waals surface area contributed by atoms with Crippen molar-refractivity contribution >= 4 is 0 Å². The fourth-order valence-corrected chi connectivity index (χ4v) is 5.86. The van der Waals surface area contributed by atoms with E-state index in [4.69, 9.17) is 4.74 Å². The minimum absolute atomic E-state index is 0.0656. The highest BCUT2D eigenvalue weighted by Gasteiger charge is 2.85. The predicted molar refractivity (Wildman–Crippen MR) is 85.2 cm³/mol. The van der Waals surface area contributed by atoms with Crippen LogP contribution in [0.2, 0.25) is 0 Å².